The van der Waals surface area contributed by atoms with E-state index in [1.54, 1.807) is 0 Å². The molecule has 3 N–H and O–H groups in total. The average molecular weight is 1410 g/mol. The molecule has 0 amide bonds. The number of phosphoric ester groups is 2. The number of ether oxygens (including phenoxy) is 4. The van der Waals surface area contributed by atoms with E-state index < -0.39 is 97.5 Å². The fourth-order valence-electron chi connectivity index (χ4n) is 11.7. The van der Waals surface area contributed by atoms with E-state index in [0.717, 1.165) is 108 Å². The Balaban J connectivity index is 5.18. The minimum Gasteiger partial charge on any atom is -0.462 e. The molecular formula is C77H150O17P2. The number of esters is 4. The lowest BCUT2D eigenvalue weighted by molar-refractivity contribution is -0.161. The second kappa shape index (κ2) is 67.5. The largest absolute Gasteiger partial charge is 0.472 e. The highest BCUT2D eigenvalue weighted by Crippen LogP contribution is 2.45. The Kier molecular flexibility index (Phi) is 66.2. The van der Waals surface area contributed by atoms with Crippen LogP contribution in [0.15, 0.2) is 0 Å². The fourth-order valence-corrected chi connectivity index (χ4v) is 13.3. The summed E-state index contributed by atoms with van der Waals surface area (Å²) >= 11 is 0. The summed E-state index contributed by atoms with van der Waals surface area (Å²) < 4.78 is 68.5. The number of phosphoric acid groups is 2. The van der Waals surface area contributed by atoms with Crippen molar-refractivity contribution in [3.05, 3.63) is 0 Å². The van der Waals surface area contributed by atoms with E-state index in [0.29, 0.717) is 25.7 Å². The molecule has 0 saturated carbocycles. The molecule has 0 fully saturated rings. The van der Waals surface area contributed by atoms with Crippen LogP contribution in [0, 0.1) is 17.8 Å². The van der Waals surface area contributed by atoms with E-state index in [4.69, 9.17) is 37.0 Å². The standard InChI is InChI=1S/C77H150O17P2/c1-8-11-12-13-14-29-36-44-51-58-74(79)87-65-73(94-77(82)61-54-47-40-39-43-50-57-70(7)10-3)67-92-96(85,86)90-63-71(78)62-89-95(83,84)91-66-72(64-88-75(80)59-52-45-37-32-27-24-23-25-30-34-41-48-55-68(4)5)93-76(81)60-53-46-38-33-28-22-20-18-16-15-17-19-21-26-31-35-42-49-56-69(6)9-2/h68-73,78H,8-67H2,1-7H3,(H,83,84)(H,85,86)/t69?,70?,71-,72-,73-/m1/s1. The topological polar surface area (TPSA) is 237 Å². The molecule has 0 aliphatic rings. The number of hydrogen-bond donors (Lipinski definition) is 3. The van der Waals surface area contributed by atoms with Crippen LogP contribution in [-0.2, 0) is 65.4 Å². The van der Waals surface area contributed by atoms with Gasteiger partial charge in [0.05, 0.1) is 26.4 Å². The SMILES string of the molecule is CCCCCCCCCCCC(=O)OC[C@H](COP(=O)(O)OC[C@H](O)COP(=O)(O)OC[C@@H](COC(=O)CCCCCCCCCCCCCCC(C)C)OC(=O)CCCCCCCCCCCCCCCCCCCCC(C)CC)OC(=O)CCCCCCCCC(C)CC. The molecule has 0 aliphatic heterocycles. The Morgan fingerprint density at radius 1 is 0.302 bits per heavy atom. The molecule has 7 atom stereocenters. The zero-order valence-corrected chi connectivity index (χ0v) is 64.6. The van der Waals surface area contributed by atoms with Crippen molar-refractivity contribution in [3.63, 3.8) is 0 Å². The van der Waals surface area contributed by atoms with Crippen LogP contribution < -0.4 is 0 Å². The van der Waals surface area contributed by atoms with Crippen molar-refractivity contribution in [2.24, 2.45) is 17.8 Å². The zero-order chi connectivity index (χ0) is 70.9. The van der Waals surface area contributed by atoms with Crippen LogP contribution in [0.2, 0.25) is 0 Å². The minimum absolute atomic E-state index is 0.103. The van der Waals surface area contributed by atoms with Gasteiger partial charge in [0.25, 0.3) is 0 Å². The number of hydrogen-bond acceptors (Lipinski definition) is 15. The predicted octanol–water partition coefficient (Wildman–Crippen LogP) is 22.6. The molecule has 0 spiro atoms. The average Bonchev–Trinajstić information content (AvgIpc) is 1.41. The van der Waals surface area contributed by atoms with Gasteiger partial charge in [0.1, 0.15) is 19.3 Å². The maximum Gasteiger partial charge on any atom is 0.472 e. The van der Waals surface area contributed by atoms with Crippen molar-refractivity contribution < 1.29 is 80.2 Å². The van der Waals surface area contributed by atoms with Gasteiger partial charge in [-0.25, -0.2) is 9.13 Å². The van der Waals surface area contributed by atoms with Crippen molar-refractivity contribution in [1.82, 2.24) is 0 Å². The number of aliphatic hydroxyl groups excluding tert-OH is 1. The third-order valence-corrected chi connectivity index (χ3v) is 20.5. The summed E-state index contributed by atoms with van der Waals surface area (Å²) in [4.78, 5) is 72.7. The summed E-state index contributed by atoms with van der Waals surface area (Å²) in [6.07, 6.45) is 54.2. The molecule has 19 heteroatoms. The molecule has 0 saturated heterocycles. The Bertz CT molecular complexity index is 1870. The van der Waals surface area contributed by atoms with Gasteiger partial charge in [0.15, 0.2) is 12.2 Å². The number of aliphatic hydroxyl groups is 1. The fraction of sp³-hybridized carbons (Fsp3) is 0.948. The molecular weight excluding hydrogens is 1260 g/mol. The maximum atomic E-state index is 13.1. The van der Waals surface area contributed by atoms with Crippen LogP contribution in [0.25, 0.3) is 0 Å². The lowest BCUT2D eigenvalue weighted by Crippen LogP contribution is -2.30. The number of rotatable bonds is 75. The first-order valence-electron chi connectivity index (χ1n) is 39.9. The Morgan fingerprint density at radius 3 is 0.792 bits per heavy atom. The lowest BCUT2D eigenvalue weighted by Gasteiger charge is -2.21. The molecule has 17 nitrogen and oxygen atoms in total. The summed E-state index contributed by atoms with van der Waals surface area (Å²) in [5, 5.41) is 10.6. The molecule has 0 radical (unpaired) electrons. The van der Waals surface area contributed by atoms with Gasteiger partial charge in [0, 0.05) is 25.7 Å². The van der Waals surface area contributed by atoms with E-state index in [1.165, 1.54) is 205 Å². The molecule has 570 valence electrons. The van der Waals surface area contributed by atoms with Crippen molar-refractivity contribution >= 4 is 39.5 Å². The Morgan fingerprint density at radius 2 is 0.531 bits per heavy atom. The van der Waals surface area contributed by atoms with Crippen LogP contribution in [0.1, 0.15) is 395 Å². The normalized spacial score (nSPS) is 14.6. The monoisotopic (exact) mass is 1410 g/mol. The van der Waals surface area contributed by atoms with Crippen molar-refractivity contribution in [2.45, 2.75) is 414 Å². The second-order valence-electron chi connectivity index (χ2n) is 28.7. The summed E-state index contributed by atoms with van der Waals surface area (Å²) in [7, 11) is -9.91. The number of unbranched alkanes of at least 4 members (excludes halogenated alkanes) is 41. The first-order valence-corrected chi connectivity index (χ1v) is 42.9. The van der Waals surface area contributed by atoms with Gasteiger partial charge in [-0.3, -0.25) is 37.3 Å². The first kappa shape index (κ1) is 94.1. The van der Waals surface area contributed by atoms with Gasteiger partial charge < -0.3 is 33.8 Å². The van der Waals surface area contributed by atoms with Gasteiger partial charge >= 0.3 is 39.5 Å². The second-order valence-corrected chi connectivity index (χ2v) is 31.6. The van der Waals surface area contributed by atoms with Gasteiger partial charge in [-0.2, -0.15) is 0 Å². The van der Waals surface area contributed by atoms with Crippen molar-refractivity contribution in [1.29, 1.82) is 0 Å². The summed E-state index contributed by atoms with van der Waals surface area (Å²) in [5.74, 6) is 0.252. The zero-order valence-electron chi connectivity index (χ0n) is 62.8. The molecule has 0 rings (SSSR count). The highest BCUT2D eigenvalue weighted by atomic mass is 31.2. The first-order chi connectivity index (χ1) is 46.3. The molecule has 96 heavy (non-hydrogen) atoms. The highest BCUT2D eigenvalue weighted by Gasteiger charge is 2.30. The highest BCUT2D eigenvalue weighted by molar-refractivity contribution is 7.47. The summed E-state index contributed by atoms with van der Waals surface area (Å²) in [6, 6.07) is 0. The molecule has 0 bridgehead atoms. The Hall–Kier alpha value is -1.94. The molecule has 0 aromatic carbocycles. The maximum absolute atomic E-state index is 13.1. The van der Waals surface area contributed by atoms with Gasteiger partial charge in [0.2, 0.25) is 0 Å². The van der Waals surface area contributed by atoms with Crippen LogP contribution in [0.5, 0.6) is 0 Å². The van der Waals surface area contributed by atoms with E-state index in [2.05, 4.69) is 48.5 Å². The van der Waals surface area contributed by atoms with Gasteiger partial charge in [-0.1, -0.05) is 344 Å². The third-order valence-electron chi connectivity index (χ3n) is 18.6. The minimum atomic E-state index is -4.96. The Labute approximate surface area is 588 Å². The van der Waals surface area contributed by atoms with Crippen LogP contribution in [0.4, 0.5) is 0 Å². The molecule has 0 aliphatic carbocycles. The summed E-state index contributed by atoms with van der Waals surface area (Å²) in [6.45, 7) is 11.9. The molecule has 0 aromatic rings. The lowest BCUT2D eigenvalue weighted by atomic mass is 9.99. The van der Waals surface area contributed by atoms with Crippen LogP contribution >= 0.6 is 15.6 Å². The molecule has 4 unspecified atom stereocenters. The smallest absolute Gasteiger partial charge is 0.462 e. The molecule has 0 heterocycles. The van der Waals surface area contributed by atoms with Gasteiger partial charge in [-0.15, -0.1) is 0 Å². The van der Waals surface area contributed by atoms with E-state index >= 15 is 0 Å². The molecule has 0 aromatic heterocycles. The number of carbonyl (C=O) groups excluding carboxylic acids is 4. The van der Waals surface area contributed by atoms with Crippen molar-refractivity contribution in [2.75, 3.05) is 39.6 Å². The number of carbonyl (C=O) groups is 4. The van der Waals surface area contributed by atoms with Crippen LogP contribution in [-0.4, -0.2) is 96.7 Å². The predicted molar refractivity (Wildman–Crippen MR) is 391 cm³/mol. The van der Waals surface area contributed by atoms with E-state index in [1.807, 2.05) is 0 Å². The van der Waals surface area contributed by atoms with Gasteiger partial charge in [-0.05, 0) is 43.4 Å². The van der Waals surface area contributed by atoms with Crippen LogP contribution in [0.3, 0.4) is 0 Å². The van der Waals surface area contributed by atoms with E-state index in [9.17, 15) is 43.2 Å². The van der Waals surface area contributed by atoms with E-state index in [-0.39, 0.29) is 25.7 Å². The quantitative estimate of drug-likeness (QED) is 0.0222. The summed E-state index contributed by atoms with van der Waals surface area (Å²) in [5.41, 5.74) is 0. The third kappa shape index (κ3) is 67.9. The van der Waals surface area contributed by atoms with Crippen molar-refractivity contribution in [3.8, 4) is 0 Å².